The molecule has 2 amide bonds. The summed E-state index contributed by atoms with van der Waals surface area (Å²) in [7, 11) is 0. The molecule has 1 aliphatic rings. The zero-order valence-corrected chi connectivity index (χ0v) is 17.0. The molecule has 2 rings (SSSR count). The first-order valence-electron chi connectivity index (χ1n) is 8.43. The van der Waals surface area contributed by atoms with Crippen molar-refractivity contribution in [2.75, 3.05) is 6.54 Å². The van der Waals surface area contributed by atoms with Gasteiger partial charge in [0.25, 0.3) is 11.1 Å². The van der Waals surface area contributed by atoms with Crippen LogP contribution in [0.25, 0.3) is 6.08 Å². The summed E-state index contributed by atoms with van der Waals surface area (Å²) >= 11 is 0.888. The number of hydrogen-bond acceptors (Lipinski definition) is 4. The molecule has 0 aromatic heterocycles. The minimum atomic E-state index is -0.374. The number of rotatable bonds is 2. The maximum Gasteiger partial charge on any atom is 0.294 e. The molecule has 1 aliphatic heterocycles. The van der Waals surface area contributed by atoms with Gasteiger partial charge < -0.3 is 5.11 Å². The Morgan fingerprint density at radius 2 is 1.62 bits per heavy atom. The summed E-state index contributed by atoms with van der Waals surface area (Å²) in [4.78, 5) is 25.8. The largest absolute Gasteiger partial charge is 0.507 e. The van der Waals surface area contributed by atoms with Gasteiger partial charge in [0, 0.05) is 11.1 Å². The Kier molecular flexibility index (Phi) is 5.30. The molecule has 26 heavy (non-hydrogen) atoms. The third-order valence-corrected chi connectivity index (χ3v) is 5.08. The number of amides is 2. The molecule has 0 bridgehead atoms. The Labute approximate surface area is 159 Å². The van der Waals surface area contributed by atoms with E-state index in [0.29, 0.717) is 4.91 Å². The van der Waals surface area contributed by atoms with Crippen LogP contribution < -0.4 is 0 Å². The topological polar surface area (TPSA) is 57.6 Å². The molecule has 1 aromatic carbocycles. The van der Waals surface area contributed by atoms with E-state index in [1.165, 1.54) is 0 Å². The maximum atomic E-state index is 12.4. The van der Waals surface area contributed by atoms with Crippen molar-refractivity contribution in [3.05, 3.63) is 33.7 Å². The number of phenolic OH excluding ortho intramolecular Hbond substituents is 1. The molecule has 0 atom stereocenters. The Morgan fingerprint density at radius 1 is 1.12 bits per heavy atom. The summed E-state index contributed by atoms with van der Waals surface area (Å²) in [6, 6.07) is 3.75. The molecular formula is C21H25NO3S. The number of benzene rings is 1. The third kappa shape index (κ3) is 3.96. The fourth-order valence-corrected chi connectivity index (χ4v) is 3.60. The molecule has 0 radical (unpaired) electrons. The molecule has 0 aliphatic carbocycles. The smallest absolute Gasteiger partial charge is 0.294 e. The molecular weight excluding hydrogens is 346 g/mol. The van der Waals surface area contributed by atoms with E-state index in [0.717, 1.165) is 33.4 Å². The van der Waals surface area contributed by atoms with Crippen molar-refractivity contribution in [1.29, 1.82) is 0 Å². The fourth-order valence-electron chi connectivity index (χ4n) is 2.76. The highest BCUT2D eigenvalue weighted by Crippen LogP contribution is 2.41. The predicted molar refractivity (Wildman–Crippen MR) is 107 cm³/mol. The Hall–Kier alpha value is -2.19. The molecule has 138 valence electrons. The zero-order chi connectivity index (χ0) is 19.9. The number of thioether (sulfide) groups is 1. The van der Waals surface area contributed by atoms with Gasteiger partial charge in [-0.2, -0.15) is 0 Å². The van der Waals surface area contributed by atoms with Gasteiger partial charge >= 0.3 is 0 Å². The molecule has 1 heterocycles. The van der Waals surface area contributed by atoms with E-state index in [9.17, 15) is 14.7 Å². The van der Waals surface area contributed by atoms with Crippen LogP contribution in [0.5, 0.6) is 5.75 Å². The molecule has 1 aromatic rings. The average molecular weight is 372 g/mol. The lowest BCUT2D eigenvalue weighted by molar-refractivity contribution is -0.122. The van der Waals surface area contributed by atoms with E-state index >= 15 is 0 Å². The highest BCUT2D eigenvalue weighted by Gasteiger charge is 2.34. The van der Waals surface area contributed by atoms with Gasteiger partial charge in [0.15, 0.2) is 0 Å². The molecule has 1 fully saturated rings. The number of phenols is 1. The van der Waals surface area contributed by atoms with Crippen molar-refractivity contribution in [1.82, 2.24) is 4.90 Å². The van der Waals surface area contributed by atoms with E-state index in [2.05, 4.69) is 5.92 Å². The van der Waals surface area contributed by atoms with Gasteiger partial charge in [-0.15, -0.1) is 6.42 Å². The van der Waals surface area contributed by atoms with Crippen molar-refractivity contribution in [2.45, 2.75) is 52.4 Å². The summed E-state index contributed by atoms with van der Waals surface area (Å²) in [5.41, 5.74) is 1.86. The SMILES string of the molecule is C#CCN1C(=O)S/C(=C/c2cc(C(C)(C)C)c(O)c(C(C)(C)C)c2)C1=O. The third-order valence-electron chi connectivity index (χ3n) is 4.17. The number of hydrogen-bond donors (Lipinski definition) is 1. The molecule has 5 heteroatoms. The first-order chi connectivity index (χ1) is 11.9. The van der Waals surface area contributed by atoms with Crippen LogP contribution in [0, 0.1) is 12.3 Å². The van der Waals surface area contributed by atoms with Crippen LogP contribution in [0.3, 0.4) is 0 Å². The maximum absolute atomic E-state index is 12.4. The highest BCUT2D eigenvalue weighted by molar-refractivity contribution is 8.18. The lowest BCUT2D eigenvalue weighted by atomic mass is 9.78. The summed E-state index contributed by atoms with van der Waals surface area (Å²) in [6.07, 6.45) is 6.93. The second-order valence-electron chi connectivity index (χ2n) is 8.44. The molecule has 1 saturated heterocycles. The fraction of sp³-hybridized carbons (Fsp3) is 0.429. The van der Waals surface area contributed by atoms with E-state index in [4.69, 9.17) is 6.42 Å². The molecule has 0 saturated carbocycles. The number of carbonyl (C=O) groups excluding carboxylic acids is 2. The predicted octanol–water partition coefficient (Wildman–Crippen LogP) is 4.66. The molecule has 0 spiro atoms. The number of aromatic hydroxyl groups is 1. The number of carbonyl (C=O) groups is 2. The van der Waals surface area contributed by atoms with Crippen LogP contribution >= 0.6 is 11.8 Å². The number of imide groups is 1. The van der Waals surface area contributed by atoms with Crippen molar-refractivity contribution in [2.24, 2.45) is 0 Å². The minimum Gasteiger partial charge on any atom is -0.507 e. The van der Waals surface area contributed by atoms with Gasteiger partial charge in [0.1, 0.15) is 5.75 Å². The highest BCUT2D eigenvalue weighted by atomic mass is 32.2. The summed E-state index contributed by atoms with van der Waals surface area (Å²) in [5.74, 6) is 2.24. The summed E-state index contributed by atoms with van der Waals surface area (Å²) in [5, 5.41) is 10.4. The standard InChI is InChI=1S/C21H25NO3S/c1-8-9-22-18(24)16(26-19(22)25)12-13-10-14(20(2,3)4)17(23)15(11-13)21(5,6)7/h1,10-12,23H,9H2,2-7H3/b16-12+. The first kappa shape index (κ1) is 20.1. The van der Waals surface area contributed by atoms with Gasteiger partial charge in [-0.05, 0) is 46.4 Å². The van der Waals surface area contributed by atoms with Crippen molar-refractivity contribution in [3.63, 3.8) is 0 Å². The molecule has 0 unspecified atom stereocenters. The Morgan fingerprint density at radius 3 is 2.04 bits per heavy atom. The van der Waals surface area contributed by atoms with Gasteiger partial charge in [-0.1, -0.05) is 47.5 Å². The Balaban J connectivity index is 2.59. The number of terminal acetylenes is 1. The van der Waals surface area contributed by atoms with Crippen LogP contribution in [0.2, 0.25) is 0 Å². The van der Waals surface area contributed by atoms with E-state index in [1.54, 1.807) is 6.08 Å². The van der Waals surface area contributed by atoms with Crippen LogP contribution in [0.1, 0.15) is 58.2 Å². The van der Waals surface area contributed by atoms with Crippen molar-refractivity contribution in [3.8, 4) is 18.1 Å². The second kappa shape index (κ2) is 6.85. The second-order valence-corrected chi connectivity index (χ2v) is 9.43. The number of nitrogens with zero attached hydrogens (tertiary/aromatic N) is 1. The van der Waals surface area contributed by atoms with Crippen molar-refractivity contribution >= 4 is 29.0 Å². The van der Waals surface area contributed by atoms with Crippen LogP contribution in [-0.2, 0) is 15.6 Å². The quantitative estimate of drug-likeness (QED) is 0.607. The molecule has 1 N–H and O–H groups in total. The average Bonchev–Trinajstić information content (AvgIpc) is 2.74. The zero-order valence-electron chi connectivity index (χ0n) is 16.1. The van der Waals surface area contributed by atoms with Crippen LogP contribution in [-0.4, -0.2) is 27.7 Å². The van der Waals surface area contributed by atoms with Gasteiger partial charge in [-0.25, -0.2) is 0 Å². The summed E-state index contributed by atoms with van der Waals surface area (Å²) < 4.78 is 0. The van der Waals surface area contributed by atoms with E-state index in [1.807, 2.05) is 53.7 Å². The monoisotopic (exact) mass is 371 g/mol. The lowest BCUT2D eigenvalue weighted by Crippen LogP contribution is -2.28. The van der Waals surface area contributed by atoms with Gasteiger partial charge in [-0.3, -0.25) is 14.5 Å². The minimum absolute atomic E-state index is 0.0297. The van der Waals surface area contributed by atoms with Crippen molar-refractivity contribution < 1.29 is 14.7 Å². The lowest BCUT2D eigenvalue weighted by Gasteiger charge is -2.28. The first-order valence-corrected chi connectivity index (χ1v) is 9.24. The van der Waals surface area contributed by atoms with Crippen LogP contribution in [0.15, 0.2) is 17.0 Å². The summed E-state index contributed by atoms with van der Waals surface area (Å²) in [6.45, 7) is 12.1. The normalized spacial score (nSPS) is 17.1. The van der Waals surface area contributed by atoms with Gasteiger partial charge in [0.2, 0.25) is 0 Å². The van der Waals surface area contributed by atoms with E-state index in [-0.39, 0.29) is 34.3 Å². The Bertz CT molecular complexity index is 797. The van der Waals surface area contributed by atoms with Crippen LogP contribution in [0.4, 0.5) is 4.79 Å². The van der Waals surface area contributed by atoms with Gasteiger partial charge in [0.05, 0.1) is 11.4 Å². The van der Waals surface area contributed by atoms with E-state index < -0.39 is 0 Å². The molecule has 4 nitrogen and oxygen atoms in total.